The molecule has 2 rings (SSSR count). The summed E-state index contributed by atoms with van der Waals surface area (Å²) in [5.74, 6) is -2.42. The molecular formula is C22H21F6N3O3. The van der Waals surface area contributed by atoms with Gasteiger partial charge in [0.05, 0.1) is 11.1 Å². The van der Waals surface area contributed by atoms with Gasteiger partial charge in [-0.2, -0.15) is 26.3 Å². The van der Waals surface area contributed by atoms with Crippen LogP contribution in [0.25, 0.3) is 0 Å². The third-order valence-corrected chi connectivity index (χ3v) is 4.55. The number of amides is 3. The summed E-state index contributed by atoms with van der Waals surface area (Å²) < 4.78 is 77.3. The Kier molecular flexibility index (Phi) is 9.04. The molecule has 6 nitrogen and oxygen atoms in total. The fraction of sp³-hybridized carbons (Fsp3) is 0.318. The average molecular weight is 489 g/mol. The van der Waals surface area contributed by atoms with Gasteiger partial charge in [0.25, 0.3) is 5.91 Å². The van der Waals surface area contributed by atoms with Crippen LogP contribution in [0.1, 0.15) is 46.3 Å². The Morgan fingerprint density at radius 2 is 1.29 bits per heavy atom. The third-order valence-electron chi connectivity index (χ3n) is 4.55. The van der Waals surface area contributed by atoms with Crippen molar-refractivity contribution < 1.29 is 40.7 Å². The molecule has 0 aliphatic carbocycles. The number of hydrogen-bond donors (Lipinski definition) is 3. The minimum atomic E-state index is -5.11. The molecule has 0 spiro atoms. The molecule has 0 atom stereocenters. The monoisotopic (exact) mass is 489 g/mol. The molecule has 0 aliphatic heterocycles. The lowest BCUT2D eigenvalue weighted by Crippen LogP contribution is -2.41. The number of halogens is 6. The van der Waals surface area contributed by atoms with E-state index in [1.807, 2.05) is 35.8 Å². The highest BCUT2D eigenvalue weighted by Gasteiger charge is 2.37. The van der Waals surface area contributed by atoms with E-state index in [0.29, 0.717) is 13.0 Å². The highest BCUT2D eigenvalue weighted by Crippen LogP contribution is 2.36. The van der Waals surface area contributed by atoms with Crippen molar-refractivity contribution in [2.75, 3.05) is 6.54 Å². The van der Waals surface area contributed by atoms with Gasteiger partial charge in [-0.15, -0.1) is 0 Å². The molecule has 184 valence electrons. The molecule has 2 aromatic carbocycles. The van der Waals surface area contributed by atoms with Crippen LogP contribution in [0.5, 0.6) is 0 Å². The van der Waals surface area contributed by atoms with E-state index < -0.39 is 40.9 Å². The first kappa shape index (κ1) is 26.7. The van der Waals surface area contributed by atoms with E-state index in [9.17, 15) is 40.7 Å². The predicted molar refractivity (Wildman–Crippen MR) is 109 cm³/mol. The van der Waals surface area contributed by atoms with Crippen LogP contribution in [0.4, 0.5) is 26.3 Å². The average Bonchev–Trinajstić information content (AvgIpc) is 2.76. The highest BCUT2D eigenvalue weighted by molar-refractivity contribution is 5.95. The van der Waals surface area contributed by atoms with E-state index in [0.717, 1.165) is 5.56 Å². The van der Waals surface area contributed by atoms with Crippen LogP contribution in [-0.4, -0.2) is 24.3 Å². The zero-order chi connectivity index (χ0) is 25.4. The fourth-order valence-corrected chi connectivity index (χ4v) is 2.84. The van der Waals surface area contributed by atoms with Crippen LogP contribution in [0.2, 0.25) is 0 Å². The van der Waals surface area contributed by atoms with Crippen molar-refractivity contribution in [2.45, 2.75) is 38.0 Å². The van der Waals surface area contributed by atoms with Gasteiger partial charge in [-0.3, -0.25) is 25.2 Å². The van der Waals surface area contributed by atoms with Crippen LogP contribution in [0, 0.1) is 0 Å². The minimum absolute atomic E-state index is 0.0126. The van der Waals surface area contributed by atoms with Gasteiger partial charge in [0.1, 0.15) is 0 Å². The van der Waals surface area contributed by atoms with Crippen molar-refractivity contribution in [1.82, 2.24) is 16.2 Å². The standard InChI is InChI=1S/C22H21F6N3O3/c23-21(24,25)16-11-15(12-17(13-16)22(26,27)28)20(34)31-30-19(33)8-4-7-18(32)29-10-9-14-5-2-1-3-6-14/h1-3,5-6,11-13H,4,7-10H2,(H,29,32)(H,30,33)(H,31,34). The van der Waals surface area contributed by atoms with Crippen LogP contribution in [0.15, 0.2) is 48.5 Å². The summed E-state index contributed by atoms with van der Waals surface area (Å²) in [7, 11) is 0. The Bertz CT molecular complexity index is 975. The predicted octanol–water partition coefficient (Wildman–Crippen LogP) is 4.01. The first-order valence-electron chi connectivity index (χ1n) is 10.1. The van der Waals surface area contributed by atoms with Gasteiger partial charge in [-0.25, -0.2) is 0 Å². The Hall–Kier alpha value is -3.57. The molecule has 0 aromatic heterocycles. The van der Waals surface area contributed by atoms with Crippen LogP contribution in [0.3, 0.4) is 0 Å². The number of alkyl halides is 6. The van der Waals surface area contributed by atoms with E-state index in [-0.39, 0.29) is 43.4 Å². The molecule has 3 amide bonds. The van der Waals surface area contributed by atoms with Crippen molar-refractivity contribution in [2.24, 2.45) is 0 Å². The van der Waals surface area contributed by atoms with Crippen LogP contribution in [-0.2, 0) is 28.4 Å². The Labute approximate surface area is 190 Å². The maximum Gasteiger partial charge on any atom is 0.416 e. The van der Waals surface area contributed by atoms with Crippen molar-refractivity contribution in [3.63, 3.8) is 0 Å². The van der Waals surface area contributed by atoms with E-state index in [2.05, 4.69) is 5.32 Å². The van der Waals surface area contributed by atoms with Crippen LogP contribution < -0.4 is 16.2 Å². The molecular weight excluding hydrogens is 468 g/mol. The lowest BCUT2D eigenvalue weighted by Gasteiger charge is -2.14. The van der Waals surface area contributed by atoms with Crippen LogP contribution >= 0.6 is 0 Å². The number of hydrazine groups is 1. The molecule has 0 bridgehead atoms. The number of nitrogens with one attached hydrogen (secondary N) is 3. The van der Waals surface area contributed by atoms with Gasteiger partial charge in [-0.1, -0.05) is 30.3 Å². The molecule has 0 radical (unpaired) electrons. The second kappa shape index (κ2) is 11.5. The van der Waals surface area contributed by atoms with E-state index in [4.69, 9.17) is 0 Å². The molecule has 3 N–H and O–H groups in total. The Balaban J connectivity index is 1.79. The zero-order valence-corrected chi connectivity index (χ0v) is 17.6. The Morgan fingerprint density at radius 1 is 0.735 bits per heavy atom. The van der Waals surface area contributed by atoms with E-state index >= 15 is 0 Å². The number of carbonyl (C=O) groups excluding carboxylic acids is 3. The zero-order valence-electron chi connectivity index (χ0n) is 17.6. The van der Waals surface area contributed by atoms with Crippen molar-refractivity contribution >= 4 is 17.7 Å². The summed E-state index contributed by atoms with van der Waals surface area (Å²) in [5, 5.41) is 2.69. The van der Waals surface area contributed by atoms with Gasteiger partial charge in [0, 0.05) is 24.9 Å². The summed E-state index contributed by atoms with van der Waals surface area (Å²) in [5.41, 5.74) is 0.477. The first-order valence-corrected chi connectivity index (χ1v) is 10.1. The van der Waals surface area contributed by atoms with Gasteiger partial charge >= 0.3 is 12.4 Å². The smallest absolute Gasteiger partial charge is 0.356 e. The van der Waals surface area contributed by atoms with E-state index in [1.54, 1.807) is 5.43 Å². The SMILES string of the molecule is O=C(CCCC(=O)NNC(=O)c1cc(C(F)(F)F)cc(C(F)(F)F)c1)NCCc1ccccc1. The summed E-state index contributed by atoms with van der Waals surface area (Å²) in [6.07, 6.45) is -9.67. The summed E-state index contributed by atoms with van der Waals surface area (Å²) in [6, 6.07) is 9.82. The fourth-order valence-electron chi connectivity index (χ4n) is 2.84. The molecule has 0 unspecified atom stereocenters. The lowest BCUT2D eigenvalue weighted by molar-refractivity contribution is -0.143. The topological polar surface area (TPSA) is 87.3 Å². The largest absolute Gasteiger partial charge is 0.416 e. The van der Waals surface area contributed by atoms with Gasteiger partial charge in [-0.05, 0) is 36.6 Å². The second-order valence-electron chi connectivity index (χ2n) is 7.24. The highest BCUT2D eigenvalue weighted by atomic mass is 19.4. The molecule has 34 heavy (non-hydrogen) atoms. The van der Waals surface area contributed by atoms with Crippen molar-refractivity contribution in [3.8, 4) is 0 Å². The molecule has 0 fully saturated rings. The molecule has 0 aliphatic rings. The number of rotatable bonds is 8. The number of carbonyl (C=O) groups is 3. The van der Waals surface area contributed by atoms with Gasteiger partial charge < -0.3 is 5.32 Å². The molecule has 0 saturated carbocycles. The van der Waals surface area contributed by atoms with Crippen molar-refractivity contribution in [3.05, 3.63) is 70.8 Å². The molecule has 0 saturated heterocycles. The maximum atomic E-state index is 12.9. The third kappa shape index (κ3) is 8.75. The van der Waals surface area contributed by atoms with Crippen molar-refractivity contribution in [1.29, 1.82) is 0 Å². The minimum Gasteiger partial charge on any atom is -0.356 e. The number of hydrogen-bond acceptors (Lipinski definition) is 3. The van der Waals surface area contributed by atoms with Gasteiger partial charge in [0.2, 0.25) is 11.8 Å². The van der Waals surface area contributed by atoms with Gasteiger partial charge in [0.15, 0.2) is 0 Å². The lowest BCUT2D eigenvalue weighted by atomic mass is 10.0. The summed E-state index contributed by atoms with van der Waals surface area (Å²) in [4.78, 5) is 35.6. The quantitative estimate of drug-likeness (QED) is 0.387. The summed E-state index contributed by atoms with van der Waals surface area (Å²) in [6.45, 7) is 0.405. The maximum absolute atomic E-state index is 12.9. The number of benzene rings is 2. The molecule has 12 heteroatoms. The first-order chi connectivity index (χ1) is 15.9. The molecule has 2 aromatic rings. The second-order valence-corrected chi connectivity index (χ2v) is 7.24. The van der Waals surface area contributed by atoms with E-state index in [1.165, 1.54) is 0 Å². The summed E-state index contributed by atoms with van der Waals surface area (Å²) >= 11 is 0. The Morgan fingerprint density at radius 3 is 1.85 bits per heavy atom. The molecule has 0 heterocycles. The normalized spacial score (nSPS) is 11.6.